The molecule has 0 spiro atoms. The highest BCUT2D eigenvalue weighted by molar-refractivity contribution is 7.16. The number of anilines is 2. The lowest BCUT2D eigenvalue weighted by Crippen LogP contribution is -2.46. The summed E-state index contributed by atoms with van der Waals surface area (Å²) in [6.07, 6.45) is 2.64. The van der Waals surface area contributed by atoms with Crippen molar-refractivity contribution in [2.45, 2.75) is 0 Å². The fourth-order valence-corrected chi connectivity index (χ4v) is 4.05. The van der Waals surface area contributed by atoms with Gasteiger partial charge in [0.1, 0.15) is 11.5 Å². The maximum atomic E-state index is 14.4. The van der Waals surface area contributed by atoms with Crippen LogP contribution in [0.2, 0.25) is 0 Å². The van der Waals surface area contributed by atoms with E-state index in [2.05, 4.69) is 30.6 Å². The van der Waals surface area contributed by atoms with E-state index in [1.54, 1.807) is 28.6 Å². The third-order valence-corrected chi connectivity index (χ3v) is 5.81. The van der Waals surface area contributed by atoms with Gasteiger partial charge in [-0.2, -0.15) is 0 Å². The molecule has 1 saturated heterocycles. The molecule has 5 rings (SSSR count). The second-order valence-electron chi connectivity index (χ2n) is 7.02. The predicted octanol–water partition coefficient (Wildman–Crippen LogP) is 3.08. The average Bonchev–Trinajstić information content (AvgIpc) is 3.29. The molecule has 0 bridgehead atoms. The molecule has 0 atom stereocenters. The van der Waals surface area contributed by atoms with E-state index in [4.69, 9.17) is 0 Å². The van der Waals surface area contributed by atoms with Crippen molar-refractivity contribution in [3.8, 4) is 11.3 Å². The van der Waals surface area contributed by atoms with Crippen molar-refractivity contribution in [3.05, 3.63) is 59.6 Å². The summed E-state index contributed by atoms with van der Waals surface area (Å²) in [5, 5.41) is 6.19. The molecule has 1 amide bonds. The number of carbonyl (C=O) groups is 1. The third kappa shape index (κ3) is 4.07. The van der Waals surface area contributed by atoms with E-state index >= 15 is 0 Å². The molecule has 0 saturated carbocycles. The average molecular weight is 435 g/mol. The minimum absolute atomic E-state index is 0.0432. The van der Waals surface area contributed by atoms with E-state index < -0.39 is 5.82 Å². The number of amides is 1. The lowest BCUT2D eigenvalue weighted by Gasteiger charge is -2.27. The third-order valence-electron chi connectivity index (χ3n) is 5.00. The van der Waals surface area contributed by atoms with Crippen molar-refractivity contribution < 1.29 is 9.18 Å². The van der Waals surface area contributed by atoms with Crippen LogP contribution in [0.25, 0.3) is 21.5 Å². The highest BCUT2D eigenvalue weighted by Gasteiger charge is 2.18. The van der Waals surface area contributed by atoms with Crippen LogP contribution >= 0.6 is 11.3 Å². The van der Waals surface area contributed by atoms with Crippen molar-refractivity contribution in [3.63, 3.8) is 0 Å². The summed E-state index contributed by atoms with van der Waals surface area (Å²) in [5.41, 5.74) is 3.86. The van der Waals surface area contributed by atoms with E-state index in [1.165, 1.54) is 17.5 Å². The lowest BCUT2D eigenvalue weighted by atomic mass is 10.1. The number of halogens is 1. The number of hydrogen-bond donors (Lipinski definition) is 2. The number of pyridine rings is 1. The van der Waals surface area contributed by atoms with Crippen LogP contribution in [0.15, 0.2) is 48.2 Å². The highest BCUT2D eigenvalue weighted by atomic mass is 32.1. The molecule has 1 fully saturated rings. The summed E-state index contributed by atoms with van der Waals surface area (Å²) in [5.74, 6) is 0.108. The van der Waals surface area contributed by atoms with Crippen LogP contribution in [0.5, 0.6) is 0 Å². The normalized spacial score (nSPS) is 14.0. The molecule has 1 aliphatic heterocycles. The first kappa shape index (κ1) is 19.5. The van der Waals surface area contributed by atoms with Crippen molar-refractivity contribution >= 4 is 39.2 Å². The number of hydrogen-bond acceptors (Lipinski definition) is 8. The summed E-state index contributed by atoms with van der Waals surface area (Å²) in [6, 6.07) is 8.90. The Morgan fingerprint density at radius 3 is 2.77 bits per heavy atom. The Bertz CT molecular complexity index is 1240. The molecule has 4 heterocycles. The van der Waals surface area contributed by atoms with Crippen LogP contribution < -0.4 is 10.6 Å². The molecule has 3 aromatic heterocycles. The zero-order valence-electron chi connectivity index (χ0n) is 16.4. The zero-order valence-corrected chi connectivity index (χ0v) is 17.2. The summed E-state index contributed by atoms with van der Waals surface area (Å²) in [7, 11) is 0. The molecular formula is C21H18FN7OS. The maximum Gasteiger partial charge on any atom is 0.255 e. The van der Waals surface area contributed by atoms with Gasteiger partial charge in [-0.3, -0.25) is 4.79 Å². The Balaban J connectivity index is 1.35. The monoisotopic (exact) mass is 435 g/mol. The molecule has 31 heavy (non-hydrogen) atoms. The minimum Gasteiger partial charge on any atom is -0.336 e. The first-order valence-electron chi connectivity index (χ1n) is 9.76. The molecular weight excluding hydrogens is 417 g/mol. The van der Waals surface area contributed by atoms with Crippen molar-refractivity contribution in [1.29, 1.82) is 0 Å². The van der Waals surface area contributed by atoms with Crippen LogP contribution in [0, 0.1) is 5.82 Å². The Morgan fingerprint density at radius 1 is 1.10 bits per heavy atom. The molecule has 0 radical (unpaired) electrons. The molecule has 156 valence electrons. The van der Waals surface area contributed by atoms with Gasteiger partial charge < -0.3 is 15.5 Å². The van der Waals surface area contributed by atoms with E-state index in [1.807, 2.05) is 12.1 Å². The number of aromatic nitrogens is 4. The number of benzene rings is 1. The van der Waals surface area contributed by atoms with Crippen LogP contribution in [-0.2, 0) is 0 Å². The Kier molecular flexibility index (Phi) is 5.23. The molecule has 8 nitrogen and oxygen atoms in total. The van der Waals surface area contributed by atoms with Crippen molar-refractivity contribution in [2.24, 2.45) is 0 Å². The van der Waals surface area contributed by atoms with E-state index in [0.717, 1.165) is 29.5 Å². The van der Waals surface area contributed by atoms with Crippen LogP contribution in [0.4, 0.5) is 16.2 Å². The van der Waals surface area contributed by atoms with Crippen molar-refractivity contribution in [1.82, 2.24) is 30.2 Å². The summed E-state index contributed by atoms with van der Waals surface area (Å²) < 4.78 is 15.4. The van der Waals surface area contributed by atoms with Gasteiger partial charge in [-0.1, -0.05) is 6.07 Å². The molecule has 2 N–H and O–H groups in total. The van der Waals surface area contributed by atoms with E-state index in [-0.39, 0.29) is 17.5 Å². The zero-order chi connectivity index (χ0) is 21.2. The topological polar surface area (TPSA) is 95.9 Å². The SMILES string of the molecule is O=C(c1ccc(Nc2ncc(F)c(-c3ccc4scnc4c3)n2)nc1)N1CCNCC1. The second kappa shape index (κ2) is 8.32. The summed E-state index contributed by atoms with van der Waals surface area (Å²) in [6.45, 7) is 2.94. The smallest absolute Gasteiger partial charge is 0.255 e. The fraction of sp³-hybridized carbons (Fsp3) is 0.190. The Morgan fingerprint density at radius 2 is 1.97 bits per heavy atom. The molecule has 1 aromatic carbocycles. The summed E-state index contributed by atoms with van der Waals surface area (Å²) >= 11 is 1.52. The first-order chi connectivity index (χ1) is 15.2. The minimum atomic E-state index is -0.523. The maximum absolute atomic E-state index is 14.4. The number of rotatable bonds is 4. The van der Waals surface area contributed by atoms with Crippen LogP contribution in [0.3, 0.4) is 0 Å². The van der Waals surface area contributed by atoms with Gasteiger partial charge >= 0.3 is 0 Å². The second-order valence-corrected chi connectivity index (χ2v) is 7.91. The summed E-state index contributed by atoms with van der Waals surface area (Å²) in [4.78, 5) is 31.2. The molecule has 0 unspecified atom stereocenters. The number of thiazole rings is 1. The number of fused-ring (bicyclic) bond motifs is 1. The lowest BCUT2D eigenvalue weighted by molar-refractivity contribution is 0.0735. The van der Waals surface area contributed by atoms with Gasteiger partial charge in [-0.05, 0) is 24.3 Å². The van der Waals surface area contributed by atoms with Gasteiger partial charge in [0.15, 0.2) is 5.82 Å². The Hall–Kier alpha value is -3.50. The van der Waals surface area contributed by atoms with Crippen LogP contribution in [-0.4, -0.2) is 56.9 Å². The van der Waals surface area contributed by atoms with Gasteiger partial charge in [0.25, 0.3) is 5.91 Å². The fourth-order valence-electron chi connectivity index (χ4n) is 3.39. The standard InChI is InChI=1S/C21H18FN7OS/c22-15-11-25-21(28-19(15)13-1-3-17-16(9-13)26-12-31-17)27-18-4-2-14(10-24-18)20(30)29-7-5-23-6-8-29/h1-4,9-12,23H,5-8H2,(H,24,25,27,28). The molecule has 10 heteroatoms. The molecule has 4 aromatic rings. The van der Waals surface area contributed by atoms with E-state index in [0.29, 0.717) is 30.0 Å². The predicted molar refractivity (Wildman–Crippen MR) is 117 cm³/mol. The van der Waals surface area contributed by atoms with Crippen LogP contribution in [0.1, 0.15) is 10.4 Å². The molecule has 0 aliphatic carbocycles. The first-order valence-corrected chi connectivity index (χ1v) is 10.6. The van der Waals surface area contributed by atoms with Gasteiger partial charge in [-0.25, -0.2) is 24.3 Å². The number of nitrogens with zero attached hydrogens (tertiary/aromatic N) is 5. The quantitative estimate of drug-likeness (QED) is 0.509. The number of piperazine rings is 1. The van der Waals surface area contributed by atoms with Gasteiger partial charge in [0, 0.05) is 37.9 Å². The van der Waals surface area contributed by atoms with Gasteiger partial charge in [0.2, 0.25) is 5.95 Å². The number of carbonyl (C=O) groups excluding carboxylic acids is 1. The number of nitrogens with one attached hydrogen (secondary N) is 2. The largest absolute Gasteiger partial charge is 0.336 e. The Labute approximate surface area is 181 Å². The van der Waals surface area contributed by atoms with Gasteiger partial charge in [-0.15, -0.1) is 11.3 Å². The highest BCUT2D eigenvalue weighted by Crippen LogP contribution is 2.27. The molecule has 1 aliphatic rings. The van der Waals surface area contributed by atoms with E-state index in [9.17, 15) is 9.18 Å². The van der Waals surface area contributed by atoms with Crippen molar-refractivity contribution in [2.75, 3.05) is 31.5 Å². The van der Waals surface area contributed by atoms with Gasteiger partial charge in [0.05, 0.1) is 27.5 Å².